The number of thiocarbonyl (C=S) groups is 1. The number of carbonyl (C=O) groups excluding carboxylic acids is 2. The Kier molecular flexibility index (Phi) is 8.07. The summed E-state index contributed by atoms with van der Waals surface area (Å²) in [6.07, 6.45) is 1.78. The number of thioether (sulfide) groups is 1. The molecule has 1 aliphatic rings. The number of anilines is 2. The zero-order valence-electron chi connectivity index (χ0n) is 20.2. The van der Waals surface area contributed by atoms with E-state index in [1.165, 1.54) is 11.8 Å². The first-order chi connectivity index (χ1) is 17.3. The van der Waals surface area contributed by atoms with Gasteiger partial charge in [-0.15, -0.1) is 0 Å². The summed E-state index contributed by atoms with van der Waals surface area (Å²) in [6.45, 7) is 6.10. The molecule has 1 saturated heterocycles. The lowest BCUT2D eigenvalue weighted by Gasteiger charge is -2.14. The minimum atomic E-state index is -0.273. The molecule has 8 heteroatoms. The molecule has 1 aliphatic heterocycles. The molecule has 4 rings (SSSR count). The van der Waals surface area contributed by atoms with Crippen molar-refractivity contribution in [1.29, 1.82) is 0 Å². The molecule has 0 bridgehead atoms. The molecule has 3 aromatic carbocycles. The Morgan fingerprint density at radius 3 is 2.31 bits per heavy atom. The Bertz CT molecular complexity index is 1320. The Morgan fingerprint density at radius 1 is 0.972 bits per heavy atom. The number of ether oxygens (including phenoxy) is 2. The Hall–Kier alpha value is -3.62. The lowest BCUT2D eigenvalue weighted by molar-refractivity contribution is -0.118. The van der Waals surface area contributed by atoms with E-state index in [-0.39, 0.29) is 18.4 Å². The molecule has 0 unspecified atom stereocenters. The molecular weight excluding hydrogens is 492 g/mol. The summed E-state index contributed by atoms with van der Waals surface area (Å²) in [4.78, 5) is 27.5. The van der Waals surface area contributed by atoms with Gasteiger partial charge in [-0.3, -0.25) is 14.5 Å². The lowest BCUT2D eigenvalue weighted by atomic mass is 10.1. The monoisotopic (exact) mass is 518 g/mol. The highest BCUT2D eigenvalue weighted by Crippen LogP contribution is 2.37. The summed E-state index contributed by atoms with van der Waals surface area (Å²) in [6, 6.07) is 20.5. The van der Waals surface area contributed by atoms with Crippen molar-refractivity contribution < 1.29 is 19.1 Å². The number of carbonyl (C=O) groups is 2. The van der Waals surface area contributed by atoms with Gasteiger partial charge in [-0.25, -0.2) is 0 Å². The molecule has 2 amide bonds. The SMILES string of the molecule is CCOc1cc(/C=C2\SC(=S)N(c3ccc(C)cc3)C2=O)ccc1OCC(=O)Nc1ccc(C)cc1. The molecule has 0 spiro atoms. The minimum absolute atomic E-state index is 0.164. The third kappa shape index (κ3) is 6.13. The zero-order chi connectivity index (χ0) is 25.7. The van der Waals surface area contributed by atoms with Crippen molar-refractivity contribution in [3.8, 4) is 11.5 Å². The van der Waals surface area contributed by atoms with Gasteiger partial charge in [-0.1, -0.05) is 65.4 Å². The fourth-order valence-electron chi connectivity index (χ4n) is 3.51. The van der Waals surface area contributed by atoms with Crippen LogP contribution in [0.4, 0.5) is 11.4 Å². The van der Waals surface area contributed by atoms with Crippen LogP contribution in [-0.2, 0) is 9.59 Å². The van der Waals surface area contributed by atoms with E-state index in [9.17, 15) is 9.59 Å². The Morgan fingerprint density at radius 2 is 1.64 bits per heavy atom. The van der Waals surface area contributed by atoms with E-state index < -0.39 is 0 Å². The van der Waals surface area contributed by atoms with Crippen LogP contribution in [0.3, 0.4) is 0 Å². The summed E-state index contributed by atoms with van der Waals surface area (Å²) in [5.74, 6) is 0.494. The van der Waals surface area contributed by atoms with Crippen LogP contribution in [0.2, 0.25) is 0 Å². The van der Waals surface area contributed by atoms with Crippen LogP contribution in [0.1, 0.15) is 23.6 Å². The van der Waals surface area contributed by atoms with Gasteiger partial charge in [0.2, 0.25) is 0 Å². The molecule has 0 saturated carbocycles. The van der Waals surface area contributed by atoms with Crippen molar-refractivity contribution in [3.63, 3.8) is 0 Å². The highest BCUT2D eigenvalue weighted by atomic mass is 32.2. The van der Waals surface area contributed by atoms with E-state index >= 15 is 0 Å². The number of nitrogens with one attached hydrogen (secondary N) is 1. The normalized spacial score (nSPS) is 14.3. The third-order valence-electron chi connectivity index (χ3n) is 5.35. The first-order valence-corrected chi connectivity index (χ1v) is 12.7. The van der Waals surface area contributed by atoms with Gasteiger partial charge in [0, 0.05) is 5.69 Å². The largest absolute Gasteiger partial charge is 0.490 e. The standard InChI is InChI=1S/C28H26N2O4S2/c1-4-33-24-15-20(9-14-23(24)34-17-26(31)29-21-10-5-18(2)6-11-21)16-25-27(32)30(28(35)36-25)22-12-7-19(3)8-13-22/h5-16H,4,17H2,1-3H3,(H,29,31)/b25-16-. The van der Waals surface area contributed by atoms with Gasteiger partial charge < -0.3 is 14.8 Å². The maximum absolute atomic E-state index is 13.1. The molecule has 36 heavy (non-hydrogen) atoms. The smallest absolute Gasteiger partial charge is 0.270 e. The Balaban J connectivity index is 1.47. The third-order valence-corrected chi connectivity index (χ3v) is 6.65. The van der Waals surface area contributed by atoms with Crippen LogP contribution >= 0.6 is 24.0 Å². The second kappa shape index (κ2) is 11.4. The van der Waals surface area contributed by atoms with Crippen molar-refractivity contribution in [2.75, 3.05) is 23.4 Å². The van der Waals surface area contributed by atoms with E-state index in [0.717, 1.165) is 22.4 Å². The molecule has 3 aromatic rings. The van der Waals surface area contributed by atoms with Crippen LogP contribution in [-0.4, -0.2) is 29.3 Å². The van der Waals surface area contributed by atoms with E-state index in [2.05, 4.69) is 5.32 Å². The first-order valence-electron chi connectivity index (χ1n) is 11.4. The molecular formula is C28H26N2O4S2. The first kappa shape index (κ1) is 25.5. The predicted molar refractivity (Wildman–Crippen MR) is 150 cm³/mol. The van der Waals surface area contributed by atoms with E-state index in [1.54, 1.807) is 23.1 Å². The second-order valence-corrected chi connectivity index (χ2v) is 9.87. The lowest BCUT2D eigenvalue weighted by Crippen LogP contribution is -2.27. The molecule has 1 fully saturated rings. The summed E-state index contributed by atoms with van der Waals surface area (Å²) in [5.41, 5.74) is 4.44. The predicted octanol–water partition coefficient (Wildman–Crippen LogP) is 6.13. The van der Waals surface area contributed by atoms with Gasteiger partial charge >= 0.3 is 0 Å². The van der Waals surface area contributed by atoms with Crippen LogP contribution in [0.15, 0.2) is 71.6 Å². The van der Waals surface area contributed by atoms with Crippen molar-refractivity contribution >= 4 is 57.6 Å². The number of rotatable bonds is 8. The van der Waals surface area contributed by atoms with Crippen LogP contribution in [0, 0.1) is 13.8 Å². The minimum Gasteiger partial charge on any atom is -0.490 e. The number of amides is 2. The quantitative estimate of drug-likeness (QED) is 0.286. The maximum Gasteiger partial charge on any atom is 0.270 e. The summed E-state index contributed by atoms with van der Waals surface area (Å²) >= 11 is 6.73. The van der Waals surface area contributed by atoms with Gasteiger partial charge in [0.25, 0.3) is 11.8 Å². The van der Waals surface area contributed by atoms with E-state index in [0.29, 0.717) is 33.0 Å². The van der Waals surface area contributed by atoms with Gasteiger partial charge in [-0.2, -0.15) is 0 Å². The average molecular weight is 519 g/mol. The molecule has 184 valence electrons. The molecule has 1 heterocycles. The van der Waals surface area contributed by atoms with Crippen LogP contribution in [0.5, 0.6) is 11.5 Å². The number of nitrogens with zero attached hydrogens (tertiary/aromatic N) is 1. The van der Waals surface area contributed by atoms with Gasteiger partial charge in [0.1, 0.15) is 0 Å². The topological polar surface area (TPSA) is 67.9 Å². The van der Waals surface area contributed by atoms with Crippen molar-refractivity contribution in [2.24, 2.45) is 0 Å². The highest BCUT2D eigenvalue weighted by molar-refractivity contribution is 8.27. The maximum atomic E-state index is 13.1. The van der Waals surface area contributed by atoms with Crippen molar-refractivity contribution in [2.45, 2.75) is 20.8 Å². The number of hydrogen-bond donors (Lipinski definition) is 1. The zero-order valence-corrected chi connectivity index (χ0v) is 21.9. The molecule has 1 N–H and O–H groups in total. The second-order valence-electron chi connectivity index (χ2n) is 8.19. The van der Waals surface area contributed by atoms with Crippen LogP contribution < -0.4 is 19.7 Å². The van der Waals surface area contributed by atoms with E-state index in [1.807, 2.05) is 75.4 Å². The van der Waals surface area contributed by atoms with E-state index in [4.69, 9.17) is 21.7 Å². The fraction of sp³-hybridized carbons (Fsp3) is 0.179. The number of benzene rings is 3. The number of aryl methyl sites for hydroxylation is 2. The molecule has 0 aliphatic carbocycles. The molecule has 6 nitrogen and oxygen atoms in total. The van der Waals surface area contributed by atoms with Gasteiger partial charge in [-0.05, 0) is 68.8 Å². The molecule has 0 aromatic heterocycles. The summed E-state index contributed by atoms with van der Waals surface area (Å²) in [5, 5.41) is 2.81. The summed E-state index contributed by atoms with van der Waals surface area (Å²) in [7, 11) is 0. The summed E-state index contributed by atoms with van der Waals surface area (Å²) < 4.78 is 12.0. The average Bonchev–Trinajstić information content (AvgIpc) is 3.13. The Labute approximate surface area is 220 Å². The molecule has 0 radical (unpaired) electrons. The molecule has 0 atom stereocenters. The van der Waals surface area contributed by atoms with Crippen molar-refractivity contribution in [3.05, 3.63) is 88.3 Å². The highest BCUT2D eigenvalue weighted by Gasteiger charge is 2.33. The van der Waals surface area contributed by atoms with Crippen molar-refractivity contribution in [1.82, 2.24) is 0 Å². The van der Waals surface area contributed by atoms with Crippen LogP contribution in [0.25, 0.3) is 6.08 Å². The van der Waals surface area contributed by atoms with Gasteiger partial charge in [0.15, 0.2) is 22.4 Å². The number of hydrogen-bond acceptors (Lipinski definition) is 6. The van der Waals surface area contributed by atoms with Gasteiger partial charge in [0.05, 0.1) is 17.2 Å². The fourth-order valence-corrected chi connectivity index (χ4v) is 4.81.